The van der Waals surface area contributed by atoms with E-state index in [0.717, 1.165) is 6.07 Å². The quantitative estimate of drug-likeness (QED) is 0.176. The van der Waals surface area contributed by atoms with Gasteiger partial charge in [-0.05, 0) is 66.0 Å². The summed E-state index contributed by atoms with van der Waals surface area (Å²) in [6, 6.07) is 18.7. The predicted molar refractivity (Wildman–Crippen MR) is 154 cm³/mol. The number of nitrogens with one attached hydrogen (secondary N) is 1. The van der Waals surface area contributed by atoms with Crippen molar-refractivity contribution in [3.8, 4) is 33.6 Å². The van der Waals surface area contributed by atoms with Crippen LogP contribution in [0.15, 0.2) is 90.3 Å². The number of nitrogens with zero attached hydrogens (tertiary/aromatic N) is 3. The van der Waals surface area contributed by atoms with Gasteiger partial charge in [0.05, 0.1) is 10.6 Å². The zero-order valence-electron chi connectivity index (χ0n) is 21.9. The molecule has 1 amide bonds. The van der Waals surface area contributed by atoms with Crippen LogP contribution in [0.3, 0.4) is 0 Å². The molecule has 3 aromatic carbocycles. The normalized spacial score (nSPS) is 11.5. The second kappa shape index (κ2) is 11.6. The van der Waals surface area contributed by atoms with Crippen LogP contribution in [0.5, 0.6) is 23.0 Å². The highest BCUT2D eigenvalue weighted by Crippen LogP contribution is 2.37. The fraction of sp³-hybridized carbons (Fsp3) is 0.0333. The van der Waals surface area contributed by atoms with Gasteiger partial charge in [0.2, 0.25) is 0 Å². The number of ether oxygens (including phenoxy) is 2. The molecular weight excluding hydrogens is 627 g/mol. The van der Waals surface area contributed by atoms with Crippen LogP contribution in [-0.4, -0.2) is 20.5 Å². The fourth-order valence-electron chi connectivity index (χ4n) is 4.12. The Bertz CT molecular complexity index is 1910. The van der Waals surface area contributed by atoms with E-state index < -0.39 is 40.1 Å². The zero-order chi connectivity index (χ0) is 31.0. The summed E-state index contributed by atoms with van der Waals surface area (Å²) < 4.78 is 80.9. The Morgan fingerprint density at radius 2 is 1.43 bits per heavy atom. The Kier molecular flexibility index (Phi) is 7.66. The van der Waals surface area contributed by atoms with E-state index in [0.29, 0.717) is 9.39 Å². The lowest BCUT2D eigenvalue weighted by Crippen LogP contribution is -2.16. The van der Waals surface area contributed by atoms with Crippen molar-refractivity contribution in [2.45, 2.75) is 6.18 Å². The molecule has 14 heteroatoms. The molecule has 7 nitrogen and oxygen atoms in total. The van der Waals surface area contributed by atoms with Crippen molar-refractivity contribution in [2.75, 3.05) is 5.32 Å². The van der Waals surface area contributed by atoms with Crippen LogP contribution in [0.2, 0.25) is 5.02 Å². The molecule has 0 fully saturated rings. The molecule has 0 aliphatic carbocycles. The van der Waals surface area contributed by atoms with E-state index in [-0.39, 0.29) is 40.0 Å². The number of rotatable bonds is 7. The number of hydrogen-bond donors (Lipinski definition) is 1. The van der Waals surface area contributed by atoms with E-state index in [4.69, 9.17) is 21.1 Å². The van der Waals surface area contributed by atoms with Gasteiger partial charge in [0.25, 0.3) is 5.91 Å². The minimum Gasteiger partial charge on any atom is -0.457 e. The number of anilines is 1. The molecule has 6 aromatic rings. The number of thiophene rings is 1. The first kappa shape index (κ1) is 29.1. The maximum absolute atomic E-state index is 14.0. The SMILES string of the molecule is O=C(Nc1cc(Oc2ccc(F)cc2)cc(Oc2ccc(F)cc2)c1)c1nn2c(C(F)(F)F)cc(-c3cccs3)nc2c1Cl. The molecule has 6 rings (SSSR count). The summed E-state index contributed by atoms with van der Waals surface area (Å²) >= 11 is 7.58. The Labute approximate surface area is 254 Å². The van der Waals surface area contributed by atoms with Gasteiger partial charge < -0.3 is 14.8 Å². The highest BCUT2D eigenvalue weighted by molar-refractivity contribution is 7.13. The molecule has 0 spiro atoms. The molecule has 0 bridgehead atoms. The summed E-state index contributed by atoms with van der Waals surface area (Å²) in [5, 5.41) is 7.69. The number of aromatic nitrogens is 3. The summed E-state index contributed by atoms with van der Waals surface area (Å²) in [7, 11) is 0. The van der Waals surface area contributed by atoms with E-state index >= 15 is 0 Å². The molecule has 3 heterocycles. The summed E-state index contributed by atoms with van der Waals surface area (Å²) in [5.41, 5.74) is -1.94. The minimum atomic E-state index is -4.84. The molecular formula is C30H16ClF5N4O3S. The second-order valence-electron chi connectivity index (χ2n) is 9.16. The topological polar surface area (TPSA) is 77.8 Å². The first-order valence-corrected chi connectivity index (χ1v) is 13.8. The predicted octanol–water partition coefficient (Wildman–Crippen LogP) is 9.25. The Balaban J connectivity index is 1.37. The minimum absolute atomic E-state index is 0.0156. The molecule has 3 aromatic heterocycles. The monoisotopic (exact) mass is 642 g/mol. The average molecular weight is 643 g/mol. The van der Waals surface area contributed by atoms with Gasteiger partial charge in [0.15, 0.2) is 17.0 Å². The summed E-state index contributed by atoms with van der Waals surface area (Å²) in [5.74, 6) is -1.08. The van der Waals surface area contributed by atoms with Gasteiger partial charge in [-0.1, -0.05) is 17.7 Å². The molecule has 0 saturated carbocycles. The smallest absolute Gasteiger partial charge is 0.433 e. The third-order valence-electron chi connectivity index (χ3n) is 6.05. The van der Waals surface area contributed by atoms with E-state index in [2.05, 4.69) is 15.4 Å². The van der Waals surface area contributed by atoms with Crippen LogP contribution in [0.1, 0.15) is 16.2 Å². The van der Waals surface area contributed by atoms with E-state index in [1.54, 1.807) is 17.5 Å². The number of benzene rings is 3. The number of amides is 1. The van der Waals surface area contributed by atoms with Gasteiger partial charge in [-0.2, -0.15) is 18.3 Å². The van der Waals surface area contributed by atoms with Crippen molar-refractivity contribution < 1.29 is 36.2 Å². The summed E-state index contributed by atoms with van der Waals surface area (Å²) in [6.45, 7) is 0. The standard InChI is InChI=1S/C30H16ClF5N4O3S/c31-26-27(39-40-25(30(34,35)36)15-23(38-28(26)40)24-2-1-11-44-24)29(41)37-18-12-21(42-19-7-3-16(32)4-8-19)14-22(13-18)43-20-9-5-17(33)6-10-20/h1-15H,(H,37,41). The number of carbonyl (C=O) groups is 1. The van der Waals surface area contributed by atoms with Gasteiger partial charge in [-0.3, -0.25) is 4.79 Å². The Morgan fingerprint density at radius 1 is 0.841 bits per heavy atom. The van der Waals surface area contributed by atoms with Gasteiger partial charge in [0, 0.05) is 23.9 Å². The highest BCUT2D eigenvalue weighted by Gasteiger charge is 2.37. The molecule has 0 unspecified atom stereocenters. The van der Waals surface area contributed by atoms with E-state index in [9.17, 15) is 26.7 Å². The number of halogens is 6. The number of fused-ring (bicyclic) bond motifs is 1. The zero-order valence-corrected chi connectivity index (χ0v) is 23.5. The van der Waals surface area contributed by atoms with Crippen molar-refractivity contribution in [1.29, 1.82) is 0 Å². The van der Waals surface area contributed by atoms with Crippen LogP contribution in [0.4, 0.5) is 27.6 Å². The first-order valence-electron chi connectivity index (χ1n) is 12.6. The van der Waals surface area contributed by atoms with Crippen LogP contribution in [0.25, 0.3) is 16.2 Å². The molecule has 222 valence electrons. The van der Waals surface area contributed by atoms with Gasteiger partial charge in [-0.25, -0.2) is 18.3 Å². The molecule has 0 radical (unpaired) electrons. The maximum Gasteiger partial charge on any atom is 0.433 e. The second-order valence-corrected chi connectivity index (χ2v) is 10.5. The van der Waals surface area contributed by atoms with Gasteiger partial charge >= 0.3 is 6.18 Å². The van der Waals surface area contributed by atoms with Crippen molar-refractivity contribution in [1.82, 2.24) is 14.6 Å². The van der Waals surface area contributed by atoms with Crippen molar-refractivity contribution in [3.63, 3.8) is 0 Å². The van der Waals surface area contributed by atoms with Crippen LogP contribution in [-0.2, 0) is 6.18 Å². The average Bonchev–Trinajstić information content (AvgIpc) is 3.63. The van der Waals surface area contributed by atoms with Crippen LogP contribution in [0, 0.1) is 11.6 Å². The third-order valence-corrected chi connectivity index (χ3v) is 7.29. The lowest BCUT2D eigenvalue weighted by atomic mass is 10.2. The van der Waals surface area contributed by atoms with Gasteiger partial charge in [-0.15, -0.1) is 11.3 Å². The largest absolute Gasteiger partial charge is 0.457 e. The molecule has 0 aliphatic rings. The number of alkyl halides is 3. The van der Waals surface area contributed by atoms with Crippen LogP contribution < -0.4 is 14.8 Å². The maximum atomic E-state index is 14.0. The third kappa shape index (κ3) is 6.19. The summed E-state index contributed by atoms with van der Waals surface area (Å²) in [4.78, 5) is 18.1. The van der Waals surface area contributed by atoms with Gasteiger partial charge in [0.1, 0.15) is 39.7 Å². The van der Waals surface area contributed by atoms with Crippen molar-refractivity contribution >= 4 is 40.2 Å². The van der Waals surface area contributed by atoms with E-state index in [1.165, 1.54) is 78.1 Å². The molecule has 1 N–H and O–H groups in total. The molecule has 0 aliphatic heterocycles. The van der Waals surface area contributed by atoms with Crippen LogP contribution >= 0.6 is 22.9 Å². The molecule has 0 atom stereocenters. The highest BCUT2D eigenvalue weighted by atomic mass is 35.5. The summed E-state index contributed by atoms with van der Waals surface area (Å²) in [6.07, 6.45) is -4.84. The molecule has 0 saturated heterocycles. The Morgan fingerprint density at radius 3 is 1.95 bits per heavy atom. The first-order chi connectivity index (χ1) is 21.0. The molecule has 44 heavy (non-hydrogen) atoms. The van der Waals surface area contributed by atoms with E-state index in [1.807, 2.05) is 0 Å². The van der Waals surface area contributed by atoms with Crippen molar-refractivity contribution in [3.05, 3.63) is 118 Å². The lowest BCUT2D eigenvalue weighted by molar-refractivity contribution is -0.142. The number of carbonyl (C=O) groups excluding carboxylic acids is 1. The van der Waals surface area contributed by atoms with Crippen molar-refractivity contribution in [2.24, 2.45) is 0 Å². The lowest BCUT2D eigenvalue weighted by Gasteiger charge is -2.13. The Hall–Kier alpha value is -5.01. The number of hydrogen-bond acceptors (Lipinski definition) is 6. The fourth-order valence-corrected chi connectivity index (χ4v) is 5.05.